The molecule has 1 rings (SSSR count). The average molecular weight is 229 g/mol. The van der Waals surface area contributed by atoms with Crippen molar-refractivity contribution in [2.45, 2.75) is 44.6 Å². The highest BCUT2D eigenvalue weighted by atomic mass is 16.5. The summed E-state index contributed by atoms with van der Waals surface area (Å²) in [6, 6.07) is 0.175. The summed E-state index contributed by atoms with van der Waals surface area (Å²) in [6.45, 7) is 0.810. The molecule has 1 fully saturated rings. The number of methoxy groups -OCH3 is 1. The predicted molar refractivity (Wildman–Crippen MR) is 62.1 cm³/mol. The van der Waals surface area contributed by atoms with E-state index >= 15 is 0 Å². The van der Waals surface area contributed by atoms with E-state index in [0.29, 0.717) is 13.0 Å². The molecule has 4 nitrogen and oxygen atoms in total. The van der Waals surface area contributed by atoms with Crippen LogP contribution in [-0.2, 0) is 9.53 Å². The minimum absolute atomic E-state index is 0.0856. The Hall–Kier alpha value is -0.610. The lowest BCUT2D eigenvalue weighted by atomic mass is 9.85. The normalized spacial score (nSPS) is 25.4. The lowest BCUT2D eigenvalue weighted by Crippen LogP contribution is -2.43. The van der Waals surface area contributed by atoms with Crippen LogP contribution in [0.5, 0.6) is 0 Å². The molecule has 1 aliphatic carbocycles. The van der Waals surface area contributed by atoms with Crippen LogP contribution < -0.4 is 5.32 Å². The molecule has 0 aromatic carbocycles. The molecule has 0 saturated heterocycles. The van der Waals surface area contributed by atoms with Crippen molar-refractivity contribution in [3.8, 4) is 0 Å². The van der Waals surface area contributed by atoms with Crippen molar-refractivity contribution in [1.82, 2.24) is 5.32 Å². The van der Waals surface area contributed by atoms with Crippen LogP contribution in [0.1, 0.15) is 38.5 Å². The Labute approximate surface area is 97.4 Å². The molecule has 4 heteroatoms. The summed E-state index contributed by atoms with van der Waals surface area (Å²) in [6.07, 6.45) is 5.63. The largest absolute Gasteiger partial charge is 0.396 e. The minimum Gasteiger partial charge on any atom is -0.396 e. The Kier molecular flexibility index (Phi) is 6.42. The number of hydrogen-bond donors (Lipinski definition) is 2. The molecular formula is C12H23NO3. The molecule has 2 unspecified atom stereocenters. The van der Waals surface area contributed by atoms with Crippen molar-refractivity contribution in [2.75, 3.05) is 20.3 Å². The number of rotatable bonds is 6. The van der Waals surface area contributed by atoms with Gasteiger partial charge in [-0.1, -0.05) is 12.8 Å². The fourth-order valence-corrected chi connectivity index (χ4v) is 2.27. The van der Waals surface area contributed by atoms with Crippen LogP contribution >= 0.6 is 0 Å². The number of ether oxygens (including phenoxy) is 1. The maximum atomic E-state index is 11.6. The average Bonchev–Trinajstić information content (AvgIpc) is 2.30. The van der Waals surface area contributed by atoms with Crippen LogP contribution in [0.3, 0.4) is 0 Å². The fourth-order valence-electron chi connectivity index (χ4n) is 2.27. The Morgan fingerprint density at radius 2 is 2.19 bits per heavy atom. The van der Waals surface area contributed by atoms with Gasteiger partial charge in [0.25, 0.3) is 0 Å². The van der Waals surface area contributed by atoms with Crippen molar-refractivity contribution in [3.63, 3.8) is 0 Å². The maximum absolute atomic E-state index is 11.6. The fraction of sp³-hybridized carbons (Fsp3) is 0.917. The summed E-state index contributed by atoms with van der Waals surface area (Å²) in [4.78, 5) is 11.6. The summed E-state index contributed by atoms with van der Waals surface area (Å²) in [5, 5.41) is 12.2. The van der Waals surface area contributed by atoms with Crippen molar-refractivity contribution < 1.29 is 14.6 Å². The highest BCUT2D eigenvalue weighted by molar-refractivity contribution is 5.76. The highest BCUT2D eigenvalue weighted by Gasteiger charge is 2.25. The number of amides is 1. The molecule has 0 aliphatic heterocycles. The summed E-state index contributed by atoms with van der Waals surface area (Å²) in [5.74, 6) is 0.336. The standard InChI is InChI=1S/C12H23NO3/c1-16-8-4-7-12(15)13-11-6-3-2-5-10(11)9-14/h10-11,14H,2-9H2,1H3,(H,13,15). The first-order chi connectivity index (χ1) is 7.77. The number of aliphatic hydroxyl groups excluding tert-OH is 1. The zero-order valence-corrected chi connectivity index (χ0v) is 10.1. The van der Waals surface area contributed by atoms with Gasteiger partial charge in [0.2, 0.25) is 5.91 Å². The lowest BCUT2D eigenvalue weighted by Gasteiger charge is -2.30. The van der Waals surface area contributed by atoms with Gasteiger partial charge in [-0.15, -0.1) is 0 Å². The van der Waals surface area contributed by atoms with E-state index < -0.39 is 0 Å². The van der Waals surface area contributed by atoms with E-state index in [4.69, 9.17) is 4.74 Å². The zero-order chi connectivity index (χ0) is 11.8. The van der Waals surface area contributed by atoms with Crippen molar-refractivity contribution in [2.24, 2.45) is 5.92 Å². The van der Waals surface area contributed by atoms with Gasteiger partial charge < -0.3 is 15.2 Å². The Bertz CT molecular complexity index is 208. The molecule has 0 spiro atoms. The second-order valence-electron chi connectivity index (χ2n) is 4.50. The zero-order valence-electron chi connectivity index (χ0n) is 10.1. The van der Waals surface area contributed by atoms with Crippen LogP contribution in [0.15, 0.2) is 0 Å². The summed E-state index contributed by atoms with van der Waals surface area (Å²) < 4.78 is 4.90. The molecule has 0 aromatic rings. The maximum Gasteiger partial charge on any atom is 0.220 e. The molecule has 1 aliphatic rings. The van der Waals surface area contributed by atoms with Gasteiger partial charge in [0.1, 0.15) is 0 Å². The number of carbonyl (C=O) groups excluding carboxylic acids is 1. The first-order valence-electron chi connectivity index (χ1n) is 6.17. The van der Waals surface area contributed by atoms with Crippen LogP contribution in [0.25, 0.3) is 0 Å². The number of hydrogen-bond acceptors (Lipinski definition) is 3. The third kappa shape index (κ3) is 4.49. The van der Waals surface area contributed by atoms with Crippen molar-refractivity contribution in [3.05, 3.63) is 0 Å². The lowest BCUT2D eigenvalue weighted by molar-refractivity contribution is -0.122. The Morgan fingerprint density at radius 1 is 1.44 bits per heavy atom. The third-order valence-corrected chi connectivity index (χ3v) is 3.24. The smallest absolute Gasteiger partial charge is 0.220 e. The van der Waals surface area contributed by atoms with Gasteiger partial charge in [0.05, 0.1) is 0 Å². The predicted octanol–water partition coefficient (Wildman–Crippen LogP) is 1.08. The van der Waals surface area contributed by atoms with Gasteiger partial charge in [0, 0.05) is 38.7 Å². The Morgan fingerprint density at radius 3 is 2.88 bits per heavy atom. The molecule has 2 N–H and O–H groups in total. The van der Waals surface area contributed by atoms with Crippen LogP contribution in [0.2, 0.25) is 0 Å². The summed E-state index contributed by atoms with van der Waals surface area (Å²) in [5.41, 5.74) is 0. The van der Waals surface area contributed by atoms with E-state index in [1.807, 2.05) is 0 Å². The number of aliphatic hydroxyl groups is 1. The van der Waals surface area contributed by atoms with Gasteiger partial charge >= 0.3 is 0 Å². The summed E-state index contributed by atoms with van der Waals surface area (Å²) in [7, 11) is 1.64. The van der Waals surface area contributed by atoms with E-state index in [2.05, 4.69) is 5.32 Å². The molecule has 16 heavy (non-hydrogen) atoms. The molecule has 0 aromatic heterocycles. The van der Waals surface area contributed by atoms with E-state index in [-0.39, 0.29) is 24.5 Å². The summed E-state index contributed by atoms with van der Waals surface area (Å²) >= 11 is 0. The molecular weight excluding hydrogens is 206 g/mol. The van der Waals surface area contributed by atoms with E-state index in [1.165, 1.54) is 6.42 Å². The van der Waals surface area contributed by atoms with E-state index in [9.17, 15) is 9.90 Å². The van der Waals surface area contributed by atoms with Gasteiger partial charge in [0.15, 0.2) is 0 Å². The van der Waals surface area contributed by atoms with Crippen LogP contribution in [0.4, 0.5) is 0 Å². The molecule has 1 saturated carbocycles. The quantitative estimate of drug-likeness (QED) is 0.670. The third-order valence-electron chi connectivity index (χ3n) is 3.24. The minimum atomic E-state index is 0.0856. The molecule has 2 atom stereocenters. The Balaban J connectivity index is 2.25. The molecule has 0 radical (unpaired) electrons. The first kappa shape index (κ1) is 13.5. The van der Waals surface area contributed by atoms with E-state index in [1.54, 1.807) is 7.11 Å². The van der Waals surface area contributed by atoms with Crippen LogP contribution in [0, 0.1) is 5.92 Å². The van der Waals surface area contributed by atoms with Gasteiger partial charge in [-0.25, -0.2) is 0 Å². The SMILES string of the molecule is COCCCC(=O)NC1CCCCC1CO. The molecule has 0 bridgehead atoms. The van der Waals surface area contributed by atoms with Crippen LogP contribution in [-0.4, -0.2) is 37.4 Å². The van der Waals surface area contributed by atoms with Crippen molar-refractivity contribution >= 4 is 5.91 Å². The first-order valence-corrected chi connectivity index (χ1v) is 6.17. The number of nitrogens with one attached hydrogen (secondary N) is 1. The monoisotopic (exact) mass is 229 g/mol. The van der Waals surface area contributed by atoms with E-state index in [0.717, 1.165) is 25.7 Å². The van der Waals surface area contributed by atoms with Gasteiger partial charge in [-0.05, 0) is 19.3 Å². The second-order valence-corrected chi connectivity index (χ2v) is 4.50. The molecule has 94 valence electrons. The topological polar surface area (TPSA) is 58.6 Å². The highest BCUT2D eigenvalue weighted by Crippen LogP contribution is 2.23. The molecule has 1 amide bonds. The van der Waals surface area contributed by atoms with Crippen molar-refractivity contribution in [1.29, 1.82) is 0 Å². The van der Waals surface area contributed by atoms with Gasteiger partial charge in [-0.2, -0.15) is 0 Å². The number of carbonyl (C=O) groups is 1. The molecule has 0 heterocycles. The van der Waals surface area contributed by atoms with Gasteiger partial charge in [-0.3, -0.25) is 4.79 Å². The second kappa shape index (κ2) is 7.63.